The molecule has 0 bridgehead atoms. The Balaban J connectivity index is 1.64. The van der Waals surface area contributed by atoms with Crippen LogP contribution >= 0.6 is 0 Å². The maximum absolute atomic E-state index is 13.8. The van der Waals surface area contributed by atoms with E-state index in [1.54, 1.807) is 30.3 Å². The van der Waals surface area contributed by atoms with Gasteiger partial charge in [-0.05, 0) is 25.3 Å². The summed E-state index contributed by atoms with van der Waals surface area (Å²) >= 11 is 0. The van der Waals surface area contributed by atoms with Crippen molar-refractivity contribution in [2.45, 2.75) is 38.1 Å². The third-order valence-electron chi connectivity index (χ3n) is 5.43. The van der Waals surface area contributed by atoms with Gasteiger partial charge in [-0.3, -0.25) is 0 Å². The predicted molar refractivity (Wildman–Crippen MR) is 91.4 cm³/mol. The van der Waals surface area contributed by atoms with Gasteiger partial charge in [0.15, 0.2) is 0 Å². The molecule has 1 aliphatic carbocycles. The second-order valence-corrected chi connectivity index (χ2v) is 7.11. The SMILES string of the molecule is CCOC(=O)C(=O)OC1(C(F)(F)F)CCC12CN(C(=O)OCc1ccccc1)C2. The van der Waals surface area contributed by atoms with Gasteiger partial charge in [0, 0.05) is 13.1 Å². The van der Waals surface area contributed by atoms with E-state index < -0.39 is 41.6 Å². The number of benzene rings is 1. The molecule has 1 saturated heterocycles. The fourth-order valence-corrected chi connectivity index (χ4v) is 3.79. The lowest BCUT2D eigenvalue weighted by atomic mass is 9.52. The molecule has 158 valence electrons. The Morgan fingerprint density at radius 1 is 1.03 bits per heavy atom. The van der Waals surface area contributed by atoms with Crippen LogP contribution in [0.3, 0.4) is 0 Å². The average Bonchev–Trinajstić information content (AvgIpc) is 2.62. The Labute approximate surface area is 164 Å². The van der Waals surface area contributed by atoms with Gasteiger partial charge in [0.2, 0.25) is 5.60 Å². The summed E-state index contributed by atoms with van der Waals surface area (Å²) in [7, 11) is 0. The van der Waals surface area contributed by atoms with Gasteiger partial charge in [0.1, 0.15) is 6.61 Å². The number of carbonyl (C=O) groups excluding carboxylic acids is 3. The second kappa shape index (κ2) is 7.57. The zero-order valence-corrected chi connectivity index (χ0v) is 15.7. The highest BCUT2D eigenvalue weighted by atomic mass is 19.4. The molecule has 0 radical (unpaired) electrons. The van der Waals surface area contributed by atoms with Crippen LogP contribution in [0.25, 0.3) is 0 Å². The zero-order valence-electron chi connectivity index (χ0n) is 15.7. The first kappa shape index (κ1) is 20.9. The number of rotatable bonds is 4. The quantitative estimate of drug-likeness (QED) is 0.427. The van der Waals surface area contributed by atoms with Gasteiger partial charge in [-0.2, -0.15) is 13.2 Å². The average molecular weight is 415 g/mol. The number of ether oxygens (including phenoxy) is 3. The molecule has 10 heteroatoms. The number of carbonyl (C=O) groups is 3. The Bertz CT molecular complexity index is 791. The van der Waals surface area contributed by atoms with E-state index in [4.69, 9.17) is 4.74 Å². The van der Waals surface area contributed by atoms with Crippen LogP contribution in [0.15, 0.2) is 30.3 Å². The topological polar surface area (TPSA) is 82.1 Å². The Kier molecular flexibility index (Phi) is 5.46. The second-order valence-electron chi connectivity index (χ2n) is 7.11. The minimum Gasteiger partial charge on any atom is -0.458 e. The third kappa shape index (κ3) is 3.63. The maximum Gasteiger partial charge on any atom is 0.429 e. The first-order chi connectivity index (χ1) is 13.6. The normalized spacial score (nSPS) is 22.3. The third-order valence-corrected chi connectivity index (χ3v) is 5.43. The molecule has 2 fully saturated rings. The molecule has 1 spiro atoms. The van der Waals surface area contributed by atoms with Crippen molar-refractivity contribution in [3.63, 3.8) is 0 Å². The smallest absolute Gasteiger partial charge is 0.429 e. The number of alkyl halides is 3. The molecule has 1 amide bonds. The number of esters is 2. The molecule has 1 heterocycles. The number of nitrogens with zero attached hydrogens (tertiary/aromatic N) is 1. The number of halogens is 3. The number of amides is 1. The minimum absolute atomic E-state index is 0.00850. The molecule has 1 aliphatic heterocycles. The molecule has 0 aromatic heterocycles. The van der Waals surface area contributed by atoms with Gasteiger partial charge in [-0.1, -0.05) is 30.3 Å². The molecule has 29 heavy (non-hydrogen) atoms. The van der Waals surface area contributed by atoms with E-state index in [0.29, 0.717) is 0 Å². The van der Waals surface area contributed by atoms with E-state index >= 15 is 0 Å². The summed E-state index contributed by atoms with van der Waals surface area (Å²) < 4.78 is 55.6. The van der Waals surface area contributed by atoms with Gasteiger partial charge in [-0.15, -0.1) is 0 Å². The van der Waals surface area contributed by atoms with Gasteiger partial charge in [-0.25, -0.2) is 14.4 Å². The Morgan fingerprint density at radius 2 is 1.69 bits per heavy atom. The number of hydrogen-bond donors (Lipinski definition) is 0. The maximum atomic E-state index is 13.8. The molecule has 1 aromatic carbocycles. The Morgan fingerprint density at radius 3 is 2.21 bits per heavy atom. The lowest BCUT2D eigenvalue weighted by Gasteiger charge is -2.65. The molecular weight excluding hydrogens is 395 g/mol. The van der Waals surface area contributed by atoms with Crippen molar-refractivity contribution in [1.82, 2.24) is 4.90 Å². The summed E-state index contributed by atoms with van der Waals surface area (Å²) in [5.74, 6) is -3.16. The van der Waals surface area contributed by atoms with Crippen LogP contribution in [0.2, 0.25) is 0 Å². The summed E-state index contributed by atoms with van der Waals surface area (Å²) in [5, 5.41) is 0. The van der Waals surface area contributed by atoms with E-state index in [-0.39, 0.29) is 32.7 Å². The first-order valence-electron chi connectivity index (χ1n) is 9.06. The van der Waals surface area contributed by atoms with Crippen molar-refractivity contribution in [3.8, 4) is 0 Å². The Hall–Kier alpha value is -2.78. The molecule has 7 nitrogen and oxygen atoms in total. The van der Waals surface area contributed by atoms with E-state index in [1.807, 2.05) is 0 Å². The molecule has 2 aliphatic rings. The van der Waals surface area contributed by atoms with Gasteiger partial charge >= 0.3 is 24.2 Å². The minimum atomic E-state index is -4.90. The van der Waals surface area contributed by atoms with Crippen molar-refractivity contribution in [1.29, 1.82) is 0 Å². The highest BCUT2D eigenvalue weighted by Gasteiger charge is 2.79. The fraction of sp³-hybridized carbons (Fsp3) is 0.526. The molecule has 1 saturated carbocycles. The van der Waals surface area contributed by atoms with Gasteiger partial charge in [0.25, 0.3) is 0 Å². The van der Waals surface area contributed by atoms with Crippen LogP contribution in [-0.2, 0) is 30.4 Å². The van der Waals surface area contributed by atoms with Crippen LogP contribution in [0.4, 0.5) is 18.0 Å². The number of hydrogen-bond acceptors (Lipinski definition) is 6. The summed E-state index contributed by atoms with van der Waals surface area (Å²) in [6.07, 6.45) is -6.02. The molecule has 1 aromatic rings. The van der Waals surface area contributed by atoms with E-state index in [1.165, 1.54) is 6.92 Å². The van der Waals surface area contributed by atoms with Gasteiger partial charge in [0.05, 0.1) is 12.0 Å². The highest BCUT2D eigenvalue weighted by molar-refractivity contribution is 6.29. The van der Waals surface area contributed by atoms with Crippen molar-refractivity contribution >= 4 is 18.0 Å². The fourth-order valence-electron chi connectivity index (χ4n) is 3.79. The standard InChI is InChI=1S/C19H20F3NO6/c1-2-27-14(24)15(25)29-18(19(20,21)22)9-8-17(18)11-23(12-17)16(26)28-10-13-6-4-3-5-7-13/h3-7H,2,8-12H2,1H3. The van der Waals surface area contributed by atoms with Crippen LogP contribution in [0.5, 0.6) is 0 Å². The summed E-state index contributed by atoms with van der Waals surface area (Å²) in [4.78, 5) is 36.5. The van der Waals surface area contributed by atoms with Crippen LogP contribution in [0.1, 0.15) is 25.3 Å². The molecule has 1 unspecified atom stereocenters. The van der Waals surface area contributed by atoms with E-state index in [0.717, 1.165) is 10.5 Å². The van der Waals surface area contributed by atoms with E-state index in [9.17, 15) is 27.6 Å². The first-order valence-corrected chi connectivity index (χ1v) is 9.06. The van der Waals surface area contributed by atoms with Crippen molar-refractivity contribution in [2.24, 2.45) is 5.41 Å². The van der Waals surface area contributed by atoms with Crippen LogP contribution in [0, 0.1) is 5.41 Å². The predicted octanol–water partition coefficient (Wildman–Crippen LogP) is 2.83. The molecular formula is C19H20F3NO6. The number of likely N-dealkylation sites (tertiary alicyclic amines) is 1. The summed E-state index contributed by atoms with van der Waals surface area (Å²) in [6.45, 7) is 0.678. The van der Waals surface area contributed by atoms with Crippen LogP contribution < -0.4 is 0 Å². The van der Waals surface area contributed by atoms with Gasteiger partial charge < -0.3 is 19.1 Å². The molecule has 0 N–H and O–H groups in total. The largest absolute Gasteiger partial charge is 0.458 e. The van der Waals surface area contributed by atoms with E-state index in [2.05, 4.69) is 9.47 Å². The molecule has 1 atom stereocenters. The van der Waals surface area contributed by atoms with Crippen molar-refractivity contribution < 1.29 is 41.8 Å². The van der Waals surface area contributed by atoms with Crippen molar-refractivity contribution in [2.75, 3.05) is 19.7 Å². The monoisotopic (exact) mass is 415 g/mol. The highest BCUT2D eigenvalue weighted by Crippen LogP contribution is 2.64. The molecule has 3 rings (SSSR count). The summed E-state index contributed by atoms with van der Waals surface area (Å²) in [6, 6.07) is 8.84. The zero-order chi connectivity index (χ0) is 21.3. The van der Waals surface area contributed by atoms with Crippen molar-refractivity contribution in [3.05, 3.63) is 35.9 Å². The van der Waals surface area contributed by atoms with Crippen LogP contribution in [-0.4, -0.2) is 54.4 Å². The lowest BCUT2D eigenvalue weighted by molar-refractivity contribution is -0.362. The lowest BCUT2D eigenvalue weighted by Crippen LogP contribution is -2.79. The summed E-state index contributed by atoms with van der Waals surface area (Å²) in [5.41, 5.74) is -3.56.